The summed E-state index contributed by atoms with van der Waals surface area (Å²) in [5, 5.41) is 24.7. The molecule has 0 radical (unpaired) electrons. The van der Waals surface area contributed by atoms with Gasteiger partial charge in [-0.05, 0) is 42.9 Å². The lowest BCUT2D eigenvalue weighted by Crippen LogP contribution is -2.30. The monoisotopic (exact) mass is 441 g/mol. The van der Waals surface area contributed by atoms with Gasteiger partial charge in [-0.2, -0.15) is 5.10 Å². The van der Waals surface area contributed by atoms with E-state index >= 15 is 0 Å². The van der Waals surface area contributed by atoms with Crippen LogP contribution in [0.15, 0.2) is 34.4 Å². The topological polar surface area (TPSA) is 140 Å². The fourth-order valence-electron chi connectivity index (χ4n) is 3.61. The van der Waals surface area contributed by atoms with Crippen molar-refractivity contribution in [2.45, 2.75) is 32.7 Å². The molecule has 31 heavy (non-hydrogen) atoms. The van der Waals surface area contributed by atoms with Crippen LogP contribution in [0.4, 0.5) is 5.69 Å². The molecule has 3 aromatic rings. The second kappa shape index (κ2) is 8.26. The summed E-state index contributed by atoms with van der Waals surface area (Å²) in [6, 6.07) is 3.72. The molecule has 10 nitrogen and oxygen atoms in total. The van der Waals surface area contributed by atoms with Crippen LogP contribution in [0, 0.1) is 16.0 Å². The first kappa shape index (κ1) is 20.7. The molecule has 0 fully saturated rings. The molecule has 0 bridgehead atoms. The minimum atomic E-state index is -0.718. The number of thiophene rings is 1. The Kier molecular flexibility index (Phi) is 5.51. The number of rotatable bonds is 5. The van der Waals surface area contributed by atoms with Crippen LogP contribution in [0.3, 0.4) is 0 Å². The van der Waals surface area contributed by atoms with Crippen molar-refractivity contribution in [3.05, 3.63) is 61.0 Å². The Morgan fingerprint density at radius 3 is 3.10 bits per heavy atom. The van der Waals surface area contributed by atoms with E-state index in [9.17, 15) is 24.8 Å². The fourth-order valence-corrected chi connectivity index (χ4v) is 4.96. The van der Waals surface area contributed by atoms with E-state index in [1.54, 1.807) is 11.3 Å². The average Bonchev–Trinajstić information content (AvgIpc) is 3.09. The fraction of sp³-hybridized carbons (Fsp3) is 0.300. The number of fused-ring (bicyclic) bond motifs is 3. The van der Waals surface area contributed by atoms with Crippen molar-refractivity contribution in [2.75, 3.05) is 0 Å². The van der Waals surface area contributed by atoms with Gasteiger partial charge in [0.25, 0.3) is 11.5 Å². The SMILES string of the molecule is CC1CCc2c(sc3ncn(CC(=O)N/N=C/c4ccc(O)c([N+](=O)[O-])c4)c(=O)c23)C1. The molecule has 0 spiro atoms. The largest absolute Gasteiger partial charge is 0.502 e. The molecule has 1 aliphatic rings. The van der Waals surface area contributed by atoms with Gasteiger partial charge in [-0.1, -0.05) is 6.92 Å². The van der Waals surface area contributed by atoms with Crippen LogP contribution in [-0.2, 0) is 24.2 Å². The zero-order chi connectivity index (χ0) is 22.1. The van der Waals surface area contributed by atoms with Crippen molar-refractivity contribution < 1.29 is 14.8 Å². The Morgan fingerprint density at radius 2 is 2.32 bits per heavy atom. The van der Waals surface area contributed by atoms with Crippen molar-refractivity contribution >= 4 is 39.4 Å². The third-order valence-corrected chi connectivity index (χ3v) is 6.36. The predicted octanol–water partition coefficient (Wildman–Crippen LogP) is 2.35. The maximum absolute atomic E-state index is 12.9. The van der Waals surface area contributed by atoms with Crippen molar-refractivity contribution in [3.63, 3.8) is 0 Å². The highest BCUT2D eigenvalue weighted by molar-refractivity contribution is 7.18. The summed E-state index contributed by atoms with van der Waals surface area (Å²) in [6.07, 6.45) is 5.39. The Hall–Kier alpha value is -3.60. The minimum absolute atomic E-state index is 0.245. The highest BCUT2D eigenvalue weighted by Crippen LogP contribution is 2.35. The van der Waals surface area contributed by atoms with Crippen molar-refractivity contribution in [3.8, 4) is 5.75 Å². The number of aryl methyl sites for hydroxylation is 1. The van der Waals surface area contributed by atoms with Crippen LogP contribution in [0.5, 0.6) is 5.75 Å². The van der Waals surface area contributed by atoms with Crippen molar-refractivity contribution in [1.82, 2.24) is 15.0 Å². The number of phenols is 1. The highest BCUT2D eigenvalue weighted by Gasteiger charge is 2.23. The summed E-state index contributed by atoms with van der Waals surface area (Å²) < 4.78 is 1.25. The normalized spacial score (nSPS) is 15.8. The molecule has 0 aliphatic heterocycles. The number of nitro groups is 1. The van der Waals surface area contributed by atoms with Gasteiger partial charge in [0, 0.05) is 16.5 Å². The van der Waals surface area contributed by atoms with Gasteiger partial charge in [-0.15, -0.1) is 11.3 Å². The number of nitrogens with zero attached hydrogens (tertiary/aromatic N) is 4. The Morgan fingerprint density at radius 1 is 1.52 bits per heavy atom. The van der Waals surface area contributed by atoms with E-state index in [1.165, 1.54) is 34.1 Å². The second-order valence-corrected chi connectivity index (χ2v) is 8.59. The number of hydrogen-bond donors (Lipinski definition) is 2. The maximum atomic E-state index is 12.9. The Labute approximate surface area is 180 Å². The van der Waals surface area contributed by atoms with Gasteiger partial charge in [-0.25, -0.2) is 10.4 Å². The van der Waals surface area contributed by atoms with Gasteiger partial charge in [0.2, 0.25) is 0 Å². The first-order chi connectivity index (χ1) is 14.8. The van der Waals surface area contributed by atoms with E-state index in [0.29, 0.717) is 21.7 Å². The van der Waals surface area contributed by atoms with Gasteiger partial charge >= 0.3 is 5.69 Å². The molecule has 1 aromatic carbocycles. The van der Waals surface area contributed by atoms with E-state index in [2.05, 4.69) is 22.4 Å². The number of aromatic hydroxyl groups is 1. The minimum Gasteiger partial charge on any atom is -0.502 e. The Bertz CT molecular complexity index is 1280. The summed E-state index contributed by atoms with van der Waals surface area (Å²) in [5.41, 5.74) is 2.96. The van der Waals surface area contributed by atoms with Gasteiger partial charge in [0.1, 0.15) is 11.4 Å². The van der Waals surface area contributed by atoms with Crippen LogP contribution in [0.25, 0.3) is 10.2 Å². The molecule has 2 heterocycles. The number of hydrazone groups is 1. The van der Waals surface area contributed by atoms with E-state index in [4.69, 9.17) is 0 Å². The molecule has 2 aromatic heterocycles. The number of benzene rings is 1. The number of carbonyl (C=O) groups is 1. The molecule has 1 amide bonds. The molecule has 1 atom stereocenters. The smallest absolute Gasteiger partial charge is 0.311 e. The van der Waals surface area contributed by atoms with Gasteiger partial charge in [-0.3, -0.25) is 24.3 Å². The lowest BCUT2D eigenvalue weighted by atomic mass is 9.89. The molecule has 11 heteroatoms. The number of nitrogens with one attached hydrogen (secondary N) is 1. The summed E-state index contributed by atoms with van der Waals surface area (Å²) in [5.74, 6) is -0.412. The summed E-state index contributed by atoms with van der Waals surface area (Å²) in [7, 11) is 0. The highest BCUT2D eigenvalue weighted by atomic mass is 32.1. The molecule has 0 saturated heterocycles. The van der Waals surface area contributed by atoms with Gasteiger partial charge in [0.15, 0.2) is 5.75 Å². The number of carbonyl (C=O) groups excluding carboxylic acids is 1. The van der Waals surface area contributed by atoms with E-state index < -0.39 is 22.3 Å². The predicted molar refractivity (Wildman–Crippen MR) is 116 cm³/mol. The second-order valence-electron chi connectivity index (χ2n) is 7.51. The number of aromatic nitrogens is 2. The third kappa shape index (κ3) is 4.17. The average molecular weight is 441 g/mol. The first-order valence-electron chi connectivity index (χ1n) is 9.62. The molecular weight excluding hydrogens is 422 g/mol. The lowest BCUT2D eigenvalue weighted by molar-refractivity contribution is -0.385. The standard InChI is InChI=1S/C20H19N5O5S/c1-11-2-4-13-16(6-11)31-19-18(13)20(28)24(10-21-19)9-17(27)23-22-8-12-3-5-15(26)14(7-12)25(29)30/h3,5,7-8,10-11,26H,2,4,6,9H2,1H3,(H,23,27)/b22-8+. The maximum Gasteiger partial charge on any atom is 0.311 e. The molecule has 160 valence electrons. The van der Waals surface area contributed by atoms with Gasteiger partial charge < -0.3 is 5.11 Å². The number of nitro benzene ring substituents is 1. The van der Waals surface area contributed by atoms with Gasteiger partial charge in [0.05, 0.1) is 22.9 Å². The lowest BCUT2D eigenvalue weighted by Gasteiger charge is -2.17. The number of phenolic OH excluding ortho intramolecular Hbond substituents is 1. The zero-order valence-electron chi connectivity index (χ0n) is 16.6. The van der Waals surface area contributed by atoms with Crippen LogP contribution in [-0.4, -0.2) is 31.7 Å². The molecule has 2 N–H and O–H groups in total. The van der Waals surface area contributed by atoms with E-state index in [1.807, 2.05) is 0 Å². The molecule has 1 unspecified atom stereocenters. The van der Waals surface area contributed by atoms with Crippen molar-refractivity contribution in [1.29, 1.82) is 0 Å². The summed E-state index contributed by atoms with van der Waals surface area (Å²) in [4.78, 5) is 41.6. The number of amides is 1. The summed E-state index contributed by atoms with van der Waals surface area (Å²) in [6.45, 7) is 1.94. The van der Waals surface area contributed by atoms with E-state index in [0.717, 1.165) is 30.9 Å². The van der Waals surface area contributed by atoms with E-state index in [-0.39, 0.29) is 12.1 Å². The Balaban J connectivity index is 1.48. The van der Waals surface area contributed by atoms with Crippen LogP contribution < -0.4 is 11.0 Å². The summed E-state index contributed by atoms with van der Waals surface area (Å²) >= 11 is 1.55. The van der Waals surface area contributed by atoms with Crippen LogP contribution in [0.1, 0.15) is 29.3 Å². The molecule has 0 saturated carbocycles. The van der Waals surface area contributed by atoms with Crippen LogP contribution in [0.2, 0.25) is 0 Å². The third-order valence-electron chi connectivity index (χ3n) is 5.20. The number of hydrogen-bond acceptors (Lipinski definition) is 8. The molecule has 4 rings (SSSR count). The quantitative estimate of drug-likeness (QED) is 0.354. The molecular formula is C20H19N5O5S. The zero-order valence-corrected chi connectivity index (χ0v) is 17.4. The van der Waals surface area contributed by atoms with Crippen LogP contribution >= 0.6 is 11.3 Å². The molecule has 1 aliphatic carbocycles. The first-order valence-corrected chi connectivity index (χ1v) is 10.4. The van der Waals surface area contributed by atoms with Crippen molar-refractivity contribution in [2.24, 2.45) is 11.0 Å².